The van der Waals surface area contributed by atoms with Gasteiger partial charge in [-0.25, -0.2) is 4.39 Å². The fourth-order valence-corrected chi connectivity index (χ4v) is 2.22. The lowest BCUT2D eigenvalue weighted by atomic mass is 10.1. The highest BCUT2D eigenvalue weighted by atomic mass is 19.1. The predicted molar refractivity (Wildman–Crippen MR) is 99.4 cm³/mol. The van der Waals surface area contributed by atoms with Gasteiger partial charge in [0.2, 0.25) is 5.91 Å². The van der Waals surface area contributed by atoms with E-state index in [1.165, 1.54) is 18.2 Å². The van der Waals surface area contributed by atoms with Crippen molar-refractivity contribution in [1.82, 2.24) is 10.9 Å². The monoisotopic (exact) mass is 388 g/mol. The molecule has 0 heterocycles. The van der Waals surface area contributed by atoms with Gasteiger partial charge >= 0.3 is 0 Å². The highest BCUT2D eigenvalue weighted by molar-refractivity contribution is 5.98. The quantitative estimate of drug-likeness (QED) is 0.508. The Labute approximate surface area is 161 Å². The molecule has 0 aromatic heterocycles. The van der Waals surface area contributed by atoms with Crippen LogP contribution in [0.3, 0.4) is 0 Å². The minimum atomic E-state index is -0.658. The molecule has 2 aromatic carbocycles. The van der Waals surface area contributed by atoms with Crippen LogP contribution in [0.25, 0.3) is 0 Å². The fourth-order valence-electron chi connectivity index (χ4n) is 2.22. The van der Waals surface area contributed by atoms with E-state index >= 15 is 0 Å². The number of Topliss-reactive ketones (excluding diaryl/α,β-unsaturated/α-hetero) is 1. The Bertz CT molecular complexity index is 824. The number of carbonyl (C=O) groups excluding carboxylic acids is 3. The molecule has 148 valence electrons. The zero-order valence-electron chi connectivity index (χ0n) is 15.4. The average Bonchev–Trinajstić information content (AvgIpc) is 2.70. The largest absolute Gasteiger partial charge is 0.494 e. The van der Waals surface area contributed by atoms with Crippen molar-refractivity contribution in [2.45, 2.75) is 19.8 Å². The van der Waals surface area contributed by atoms with Crippen molar-refractivity contribution in [3.63, 3.8) is 0 Å². The summed E-state index contributed by atoms with van der Waals surface area (Å²) in [6, 6.07) is 12.3. The van der Waals surface area contributed by atoms with E-state index < -0.39 is 24.2 Å². The Morgan fingerprint density at radius 3 is 2.25 bits per heavy atom. The van der Waals surface area contributed by atoms with Gasteiger partial charge in [-0.1, -0.05) is 12.1 Å². The number of benzene rings is 2. The third kappa shape index (κ3) is 6.71. The summed E-state index contributed by atoms with van der Waals surface area (Å²) in [6.45, 7) is 1.93. The molecule has 0 saturated carbocycles. The molecule has 0 spiro atoms. The van der Waals surface area contributed by atoms with E-state index in [2.05, 4.69) is 10.9 Å². The molecule has 0 atom stereocenters. The number of carbonyl (C=O) groups is 3. The maximum absolute atomic E-state index is 13.4. The Kier molecular flexibility index (Phi) is 7.95. The molecule has 0 radical (unpaired) electrons. The van der Waals surface area contributed by atoms with Gasteiger partial charge in [-0.15, -0.1) is 0 Å². The van der Waals surface area contributed by atoms with Gasteiger partial charge in [0.25, 0.3) is 5.91 Å². The Hall–Kier alpha value is -3.42. The summed E-state index contributed by atoms with van der Waals surface area (Å²) in [4.78, 5) is 35.5. The van der Waals surface area contributed by atoms with Gasteiger partial charge in [-0.2, -0.15) is 0 Å². The fraction of sp³-hybridized carbons (Fsp3) is 0.250. The standard InChI is InChI=1S/C20H21FN2O5/c1-2-27-15-9-7-14(8-10-15)17(24)11-12-19(25)22-23-20(26)13-28-18-6-4-3-5-16(18)21/h3-10H,2,11-13H2,1H3,(H,22,25)(H,23,26). The summed E-state index contributed by atoms with van der Waals surface area (Å²) in [7, 11) is 0. The minimum absolute atomic E-state index is 0.0125. The highest BCUT2D eigenvalue weighted by Crippen LogP contribution is 2.15. The van der Waals surface area contributed by atoms with Gasteiger partial charge < -0.3 is 9.47 Å². The zero-order chi connectivity index (χ0) is 20.4. The number of ether oxygens (including phenoxy) is 2. The smallest absolute Gasteiger partial charge is 0.276 e. The molecule has 0 aliphatic carbocycles. The number of ketones is 1. The number of para-hydroxylation sites is 1. The number of amides is 2. The summed E-state index contributed by atoms with van der Waals surface area (Å²) in [5.41, 5.74) is 4.80. The minimum Gasteiger partial charge on any atom is -0.494 e. The number of hydrazine groups is 1. The van der Waals surface area contributed by atoms with Crippen LogP contribution in [0.15, 0.2) is 48.5 Å². The van der Waals surface area contributed by atoms with Crippen LogP contribution in [-0.4, -0.2) is 30.8 Å². The lowest BCUT2D eigenvalue weighted by molar-refractivity contribution is -0.130. The molecular formula is C20H21FN2O5. The molecule has 28 heavy (non-hydrogen) atoms. The first-order chi connectivity index (χ1) is 13.5. The number of halogens is 1. The first-order valence-electron chi connectivity index (χ1n) is 8.70. The van der Waals surface area contributed by atoms with Crippen molar-refractivity contribution >= 4 is 17.6 Å². The Balaban J connectivity index is 1.68. The van der Waals surface area contributed by atoms with Crippen molar-refractivity contribution in [2.75, 3.05) is 13.2 Å². The van der Waals surface area contributed by atoms with Gasteiger partial charge in [0.05, 0.1) is 6.61 Å². The molecule has 7 nitrogen and oxygen atoms in total. The molecule has 0 aliphatic heterocycles. The van der Waals surface area contributed by atoms with Crippen molar-refractivity contribution < 1.29 is 28.2 Å². The lowest BCUT2D eigenvalue weighted by Crippen LogP contribution is -2.43. The number of hydrogen-bond acceptors (Lipinski definition) is 5. The molecule has 0 fully saturated rings. The third-order valence-electron chi connectivity index (χ3n) is 3.60. The number of nitrogens with one attached hydrogen (secondary N) is 2. The van der Waals surface area contributed by atoms with Crippen molar-refractivity contribution in [3.8, 4) is 11.5 Å². The molecule has 2 amide bonds. The molecular weight excluding hydrogens is 367 g/mol. The Morgan fingerprint density at radius 1 is 0.893 bits per heavy atom. The summed E-state index contributed by atoms with van der Waals surface area (Å²) in [5.74, 6) is -1.38. The van der Waals surface area contributed by atoms with Crippen LogP contribution in [0.5, 0.6) is 11.5 Å². The van der Waals surface area contributed by atoms with Gasteiger partial charge in [0, 0.05) is 18.4 Å². The second-order valence-electron chi connectivity index (χ2n) is 5.70. The van der Waals surface area contributed by atoms with Crippen LogP contribution in [-0.2, 0) is 9.59 Å². The molecule has 2 rings (SSSR count). The molecule has 0 saturated heterocycles. The first-order valence-corrected chi connectivity index (χ1v) is 8.70. The summed E-state index contributed by atoms with van der Waals surface area (Å²) in [5, 5.41) is 0. The molecule has 0 bridgehead atoms. The second kappa shape index (κ2) is 10.7. The van der Waals surface area contributed by atoms with Gasteiger partial charge in [0.1, 0.15) is 5.75 Å². The van der Waals surface area contributed by atoms with Crippen LogP contribution >= 0.6 is 0 Å². The summed E-state index contributed by atoms with van der Waals surface area (Å²) in [6.07, 6.45) is -0.109. The molecule has 2 N–H and O–H groups in total. The van der Waals surface area contributed by atoms with E-state index in [0.29, 0.717) is 17.9 Å². The maximum atomic E-state index is 13.4. The summed E-state index contributed by atoms with van der Waals surface area (Å²) < 4.78 is 23.7. The van der Waals surface area contributed by atoms with Gasteiger partial charge in [-0.3, -0.25) is 25.2 Å². The molecule has 8 heteroatoms. The van der Waals surface area contributed by atoms with Gasteiger partial charge in [0.15, 0.2) is 24.0 Å². The van der Waals surface area contributed by atoms with Crippen molar-refractivity contribution in [3.05, 3.63) is 59.9 Å². The van der Waals surface area contributed by atoms with Crippen LogP contribution in [0, 0.1) is 5.82 Å². The molecule has 2 aromatic rings. The van der Waals surface area contributed by atoms with Crippen LogP contribution < -0.4 is 20.3 Å². The summed E-state index contributed by atoms with van der Waals surface area (Å²) >= 11 is 0. The van der Waals surface area contributed by atoms with E-state index in [1.54, 1.807) is 30.3 Å². The van der Waals surface area contributed by atoms with Gasteiger partial charge in [-0.05, 0) is 43.3 Å². The van der Waals surface area contributed by atoms with E-state index in [-0.39, 0.29) is 24.4 Å². The van der Waals surface area contributed by atoms with E-state index in [0.717, 1.165) is 0 Å². The first kappa shape index (κ1) is 20.9. The maximum Gasteiger partial charge on any atom is 0.276 e. The second-order valence-corrected chi connectivity index (χ2v) is 5.70. The van der Waals surface area contributed by atoms with E-state index in [1.807, 2.05) is 6.92 Å². The molecule has 0 unspecified atom stereocenters. The molecule has 0 aliphatic rings. The zero-order valence-corrected chi connectivity index (χ0v) is 15.4. The topological polar surface area (TPSA) is 93.7 Å². The highest BCUT2D eigenvalue weighted by Gasteiger charge is 2.11. The number of rotatable bonds is 9. The van der Waals surface area contributed by atoms with Crippen LogP contribution in [0.4, 0.5) is 4.39 Å². The SMILES string of the molecule is CCOc1ccc(C(=O)CCC(=O)NNC(=O)COc2ccccc2F)cc1. The predicted octanol–water partition coefficient (Wildman–Crippen LogP) is 2.41. The van der Waals surface area contributed by atoms with E-state index in [9.17, 15) is 18.8 Å². The lowest BCUT2D eigenvalue weighted by Gasteiger charge is -2.09. The third-order valence-corrected chi connectivity index (χ3v) is 3.60. The Morgan fingerprint density at radius 2 is 1.57 bits per heavy atom. The number of hydrogen-bond donors (Lipinski definition) is 2. The van der Waals surface area contributed by atoms with Crippen LogP contribution in [0.1, 0.15) is 30.1 Å². The van der Waals surface area contributed by atoms with E-state index in [4.69, 9.17) is 9.47 Å². The van der Waals surface area contributed by atoms with Crippen molar-refractivity contribution in [1.29, 1.82) is 0 Å². The van der Waals surface area contributed by atoms with Crippen molar-refractivity contribution in [2.24, 2.45) is 0 Å². The normalized spacial score (nSPS) is 10.1. The average molecular weight is 388 g/mol. The van der Waals surface area contributed by atoms with Crippen LogP contribution in [0.2, 0.25) is 0 Å².